The van der Waals surface area contributed by atoms with Crippen molar-refractivity contribution in [3.8, 4) is 0 Å². The van der Waals surface area contributed by atoms with Gasteiger partial charge in [-0.05, 0) is 48.7 Å². The predicted molar refractivity (Wildman–Crippen MR) is 133 cm³/mol. The van der Waals surface area contributed by atoms with Crippen LogP contribution in [0.4, 0.5) is 0 Å². The third kappa shape index (κ3) is 7.47. The zero-order chi connectivity index (χ0) is 25.3. The normalized spacial score (nSPS) is 19.7. The summed E-state index contributed by atoms with van der Waals surface area (Å²) in [7, 11) is 0. The molecule has 0 aromatic heterocycles. The Morgan fingerprint density at radius 1 is 1.03 bits per heavy atom. The van der Waals surface area contributed by atoms with Crippen LogP contribution >= 0.6 is 23.2 Å². The number of aliphatic carboxylic acids is 1. The van der Waals surface area contributed by atoms with E-state index >= 15 is 0 Å². The molecule has 3 rings (SSSR count). The Kier molecular flexibility index (Phi) is 10.9. The lowest BCUT2D eigenvalue weighted by Gasteiger charge is -2.44. The molecule has 6 nitrogen and oxygen atoms in total. The van der Waals surface area contributed by atoms with Gasteiger partial charge in [-0.15, -0.1) is 0 Å². The number of carbonyl (C=O) groups is 3. The van der Waals surface area contributed by atoms with Crippen molar-refractivity contribution in [2.45, 2.75) is 52.0 Å². The first-order chi connectivity index (χ1) is 16.2. The van der Waals surface area contributed by atoms with E-state index in [9.17, 15) is 19.5 Å². The maximum atomic E-state index is 13.3. The fourth-order valence-electron chi connectivity index (χ4n) is 4.16. The quantitative estimate of drug-likeness (QED) is 0.456. The molecule has 2 aromatic carbocycles. The molecule has 0 unspecified atom stereocenters. The number of ether oxygens (including phenoxy) is 1. The molecule has 0 bridgehead atoms. The second-order valence-electron chi connectivity index (χ2n) is 8.17. The van der Waals surface area contributed by atoms with E-state index < -0.39 is 23.9 Å². The van der Waals surface area contributed by atoms with Crippen LogP contribution in [-0.2, 0) is 19.1 Å². The van der Waals surface area contributed by atoms with Crippen molar-refractivity contribution < 1.29 is 24.2 Å². The smallest absolute Gasteiger partial charge is 0.325 e. The first-order valence-electron chi connectivity index (χ1n) is 11.4. The number of likely N-dealkylation sites (tertiary alicyclic amines) is 1. The molecule has 2 aromatic rings. The van der Waals surface area contributed by atoms with E-state index in [2.05, 4.69) is 13.8 Å². The van der Waals surface area contributed by atoms with Gasteiger partial charge in [0.05, 0.1) is 19.1 Å². The highest BCUT2D eigenvalue weighted by Gasteiger charge is 2.44. The molecule has 0 aliphatic carbocycles. The molecule has 0 radical (unpaired) electrons. The van der Waals surface area contributed by atoms with Crippen LogP contribution in [0.2, 0.25) is 10.0 Å². The molecule has 1 amide bonds. The number of hydrogen-bond donors (Lipinski definition) is 1. The summed E-state index contributed by atoms with van der Waals surface area (Å²) in [5.74, 6) is -3.02. The van der Waals surface area contributed by atoms with Crippen LogP contribution in [-0.4, -0.2) is 41.0 Å². The molecule has 0 spiro atoms. The average Bonchev–Trinajstić information content (AvgIpc) is 2.77. The molecule has 1 fully saturated rings. The highest BCUT2D eigenvalue weighted by Crippen LogP contribution is 2.46. The standard InChI is InChI=1S/C23H23Cl2NO5.C3H8/c1-2-31-21(29)13-26-22(14-6-8-17(24)9-7-14)19(15-4-3-5-18(25)10-15)11-16(23(26)30)12-20(27)28;1-3-2/h3-10,16,19,22H,2,11-13H2,1H3,(H,27,28);3H2,1-2H3/t16-,19-,22-;/m0./s1. The van der Waals surface area contributed by atoms with E-state index in [1.54, 1.807) is 25.1 Å². The zero-order valence-electron chi connectivity index (χ0n) is 19.7. The van der Waals surface area contributed by atoms with Crippen molar-refractivity contribution in [1.29, 1.82) is 0 Å². The third-order valence-corrected chi connectivity index (χ3v) is 5.89. The maximum Gasteiger partial charge on any atom is 0.325 e. The summed E-state index contributed by atoms with van der Waals surface area (Å²) in [4.78, 5) is 38.5. The highest BCUT2D eigenvalue weighted by atomic mass is 35.5. The number of benzene rings is 2. The van der Waals surface area contributed by atoms with Gasteiger partial charge in [0.15, 0.2) is 0 Å². The summed E-state index contributed by atoms with van der Waals surface area (Å²) >= 11 is 12.3. The average molecular weight is 508 g/mol. The van der Waals surface area contributed by atoms with Gasteiger partial charge in [-0.1, -0.05) is 67.7 Å². The number of amides is 1. The van der Waals surface area contributed by atoms with E-state index in [4.69, 9.17) is 27.9 Å². The first-order valence-corrected chi connectivity index (χ1v) is 12.2. The summed E-state index contributed by atoms with van der Waals surface area (Å²) in [6.45, 7) is 5.85. The van der Waals surface area contributed by atoms with Crippen LogP contribution in [0.15, 0.2) is 48.5 Å². The van der Waals surface area contributed by atoms with Gasteiger partial charge in [-0.2, -0.15) is 0 Å². The molecule has 8 heteroatoms. The minimum atomic E-state index is -1.07. The molecule has 1 saturated heterocycles. The molecule has 1 aliphatic heterocycles. The molecular formula is C26H31Cl2NO5. The number of halogens is 2. The highest BCUT2D eigenvalue weighted by molar-refractivity contribution is 6.30. The Morgan fingerprint density at radius 3 is 2.24 bits per heavy atom. The number of carbonyl (C=O) groups excluding carboxylic acids is 2. The Hall–Kier alpha value is -2.57. The van der Waals surface area contributed by atoms with E-state index in [1.807, 2.05) is 30.3 Å². The molecule has 184 valence electrons. The Bertz CT molecular complexity index is 979. The fraction of sp³-hybridized carbons (Fsp3) is 0.423. The first kappa shape index (κ1) is 27.7. The summed E-state index contributed by atoms with van der Waals surface area (Å²) in [6.07, 6.45) is 1.25. The number of rotatable bonds is 7. The fourth-order valence-corrected chi connectivity index (χ4v) is 4.48. The van der Waals surface area contributed by atoms with Crippen LogP contribution in [0.1, 0.15) is 63.1 Å². The number of piperidine rings is 1. The van der Waals surface area contributed by atoms with Gasteiger partial charge in [-0.25, -0.2) is 0 Å². The molecule has 1 heterocycles. The number of carboxylic acids is 1. The Balaban J connectivity index is 0.00000129. The van der Waals surface area contributed by atoms with Gasteiger partial charge in [0.1, 0.15) is 6.54 Å². The van der Waals surface area contributed by atoms with E-state index in [0.29, 0.717) is 16.5 Å². The van der Waals surface area contributed by atoms with Crippen molar-refractivity contribution in [3.63, 3.8) is 0 Å². The van der Waals surface area contributed by atoms with Crippen LogP contribution < -0.4 is 0 Å². The maximum absolute atomic E-state index is 13.3. The third-order valence-electron chi connectivity index (χ3n) is 5.40. The topological polar surface area (TPSA) is 83.9 Å². The molecule has 3 atom stereocenters. The number of carboxylic acid groups (broad SMARTS) is 1. The van der Waals surface area contributed by atoms with Crippen LogP contribution in [0.25, 0.3) is 0 Å². The lowest BCUT2D eigenvalue weighted by molar-refractivity contribution is -0.157. The number of esters is 1. The van der Waals surface area contributed by atoms with Crippen LogP contribution in [0.5, 0.6) is 0 Å². The van der Waals surface area contributed by atoms with E-state index in [-0.39, 0.29) is 31.4 Å². The lowest BCUT2D eigenvalue weighted by atomic mass is 9.75. The molecule has 0 saturated carbocycles. The molecule has 34 heavy (non-hydrogen) atoms. The largest absolute Gasteiger partial charge is 0.481 e. The second-order valence-corrected chi connectivity index (χ2v) is 9.04. The minimum Gasteiger partial charge on any atom is -0.481 e. The van der Waals surface area contributed by atoms with Crippen molar-refractivity contribution in [2.24, 2.45) is 5.92 Å². The van der Waals surface area contributed by atoms with E-state index in [0.717, 1.165) is 11.1 Å². The molecule has 1 aliphatic rings. The van der Waals surface area contributed by atoms with Crippen molar-refractivity contribution >= 4 is 41.0 Å². The van der Waals surface area contributed by atoms with Gasteiger partial charge >= 0.3 is 11.9 Å². The van der Waals surface area contributed by atoms with Crippen LogP contribution in [0, 0.1) is 5.92 Å². The SMILES string of the molecule is CCC.CCOC(=O)CN1C(=O)[C@H](CC(=O)O)C[C@@H](c2cccc(Cl)c2)[C@@H]1c1ccc(Cl)cc1. The van der Waals surface area contributed by atoms with Crippen molar-refractivity contribution in [1.82, 2.24) is 4.90 Å². The minimum absolute atomic E-state index is 0.183. The predicted octanol–water partition coefficient (Wildman–Crippen LogP) is 6.12. The Morgan fingerprint density at radius 2 is 1.68 bits per heavy atom. The van der Waals surface area contributed by atoms with Gasteiger partial charge < -0.3 is 14.7 Å². The lowest BCUT2D eigenvalue weighted by Crippen LogP contribution is -2.49. The zero-order valence-corrected chi connectivity index (χ0v) is 21.2. The number of hydrogen-bond acceptors (Lipinski definition) is 4. The number of nitrogens with zero attached hydrogens (tertiary/aromatic N) is 1. The molecular weight excluding hydrogens is 477 g/mol. The Labute approximate surface area is 210 Å². The molecule has 1 N–H and O–H groups in total. The summed E-state index contributed by atoms with van der Waals surface area (Å²) in [5.41, 5.74) is 1.66. The summed E-state index contributed by atoms with van der Waals surface area (Å²) in [6, 6.07) is 13.8. The van der Waals surface area contributed by atoms with Gasteiger partial charge in [-0.3, -0.25) is 14.4 Å². The van der Waals surface area contributed by atoms with Crippen LogP contribution in [0.3, 0.4) is 0 Å². The summed E-state index contributed by atoms with van der Waals surface area (Å²) < 4.78 is 5.08. The van der Waals surface area contributed by atoms with E-state index in [1.165, 1.54) is 11.3 Å². The second kappa shape index (κ2) is 13.4. The van der Waals surface area contributed by atoms with Crippen molar-refractivity contribution in [2.75, 3.05) is 13.2 Å². The monoisotopic (exact) mass is 507 g/mol. The van der Waals surface area contributed by atoms with Gasteiger partial charge in [0.25, 0.3) is 0 Å². The van der Waals surface area contributed by atoms with Gasteiger partial charge in [0, 0.05) is 21.9 Å². The summed E-state index contributed by atoms with van der Waals surface area (Å²) in [5, 5.41) is 10.4. The van der Waals surface area contributed by atoms with Gasteiger partial charge in [0.2, 0.25) is 5.91 Å². The van der Waals surface area contributed by atoms with Crippen molar-refractivity contribution in [3.05, 3.63) is 69.7 Å².